The topological polar surface area (TPSA) is 101 Å². The summed E-state index contributed by atoms with van der Waals surface area (Å²) in [5.41, 5.74) is 2.36. The molecule has 1 amide bonds. The van der Waals surface area contributed by atoms with Crippen LogP contribution in [0.4, 0.5) is 5.69 Å². The van der Waals surface area contributed by atoms with Gasteiger partial charge in [0.25, 0.3) is 5.69 Å². The fourth-order valence-corrected chi connectivity index (χ4v) is 2.98. The smallest absolute Gasteiger partial charge is 0.270 e. The van der Waals surface area contributed by atoms with Gasteiger partial charge in [-0.25, -0.2) is 4.98 Å². The molecular formula is C21H22N4O3. The fraction of sp³-hybridized carbons (Fsp3) is 0.238. The predicted molar refractivity (Wildman–Crippen MR) is 109 cm³/mol. The van der Waals surface area contributed by atoms with Crippen LogP contribution < -0.4 is 5.32 Å². The van der Waals surface area contributed by atoms with Crippen LogP contribution >= 0.6 is 0 Å². The highest BCUT2D eigenvalue weighted by Gasteiger charge is 2.19. The summed E-state index contributed by atoms with van der Waals surface area (Å²) in [6.45, 7) is 4.17. The molecule has 1 aromatic heterocycles. The summed E-state index contributed by atoms with van der Waals surface area (Å²) in [6.07, 6.45) is 3.68. The molecule has 0 radical (unpaired) electrons. The van der Waals surface area contributed by atoms with E-state index in [1.165, 1.54) is 18.2 Å². The number of imidazole rings is 1. The van der Waals surface area contributed by atoms with Crippen LogP contribution in [0.2, 0.25) is 0 Å². The van der Waals surface area contributed by atoms with Crippen molar-refractivity contribution in [2.75, 3.05) is 0 Å². The van der Waals surface area contributed by atoms with E-state index in [1.54, 1.807) is 18.2 Å². The van der Waals surface area contributed by atoms with E-state index < -0.39 is 4.92 Å². The zero-order chi connectivity index (χ0) is 20.1. The van der Waals surface area contributed by atoms with Crippen molar-refractivity contribution in [3.63, 3.8) is 0 Å². The highest BCUT2D eigenvalue weighted by atomic mass is 16.6. The number of benzene rings is 2. The van der Waals surface area contributed by atoms with Gasteiger partial charge in [-0.2, -0.15) is 0 Å². The number of carbonyl (C=O) groups excluding carboxylic acids is 1. The number of carbonyl (C=O) groups is 1. The Morgan fingerprint density at radius 1 is 1.25 bits per heavy atom. The lowest BCUT2D eigenvalue weighted by molar-refractivity contribution is -0.384. The molecule has 28 heavy (non-hydrogen) atoms. The Bertz CT molecular complexity index is 990. The minimum Gasteiger partial charge on any atom is -0.343 e. The second-order valence-corrected chi connectivity index (χ2v) is 7.02. The Morgan fingerprint density at radius 3 is 2.75 bits per heavy atom. The zero-order valence-electron chi connectivity index (χ0n) is 15.8. The molecule has 3 rings (SSSR count). The monoisotopic (exact) mass is 378 g/mol. The lowest BCUT2D eigenvalue weighted by Crippen LogP contribution is -2.28. The van der Waals surface area contributed by atoms with Crippen LogP contribution in [0.15, 0.2) is 54.6 Å². The minimum atomic E-state index is -0.461. The first-order chi connectivity index (χ1) is 13.4. The van der Waals surface area contributed by atoms with Crippen molar-refractivity contribution in [2.45, 2.75) is 26.3 Å². The van der Waals surface area contributed by atoms with Crippen molar-refractivity contribution in [1.82, 2.24) is 15.3 Å². The van der Waals surface area contributed by atoms with E-state index in [0.29, 0.717) is 17.3 Å². The standard InChI is InChI=1S/C21H22N4O3/c1-14(2)12-19(21-23-17-8-3-4-9-18(17)24-21)22-20(26)11-10-15-6-5-7-16(13-15)25(27)28/h3-11,13-14,19H,12H2,1-2H3,(H,22,26)(H,23,24)/b11-10+/t19-/m1/s1. The number of non-ortho nitro benzene ring substituents is 1. The summed E-state index contributed by atoms with van der Waals surface area (Å²) in [6, 6.07) is 13.6. The number of nitrogens with one attached hydrogen (secondary N) is 2. The maximum Gasteiger partial charge on any atom is 0.270 e. The van der Waals surface area contributed by atoms with Gasteiger partial charge in [0, 0.05) is 18.2 Å². The van der Waals surface area contributed by atoms with Crippen LogP contribution in [0.5, 0.6) is 0 Å². The molecule has 0 spiro atoms. The van der Waals surface area contributed by atoms with Crippen molar-refractivity contribution in [1.29, 1.82) is 0 Å². The number of amides is 1. The number of nitrogens with zero attached hydrogens (tertiary/aromatic N) is 2. The number of fused-ring (bicyclic) bond motifs is 1. The molecule has 0 aliphatic heterocycles. The van der Waals surface area contributed by atoms with E-state index in [9.17, 15) is 14.9 Å². The van der Waals surface area contributed by atoms with Crippen molar-refractivity contribution in [3.05, 3.63) is 76.1 Å². The first-order valence-electron chi connectivity index (χ1n) is 9.10. The Labute approximate surface area is 162 Å². The molecule has 0 unspecified atom stereocenters. The van der Waals surface area contributed by atoms with Crippen LogP contribution in [0.25, 0.3) is 17.1 Å². The summed E-state index contributed by atoms with van der Waals surface area (Å²) < 4.78 is 0. The lowest BCUT2D eigenvalue weighted by atomic mass is 10.0. The highest BCUT2D eigenvalue weighted by Crippen LogP contribution is 2.22. The number of nitro benzene ring substituents is 1. The molecule has 0 bridgehead atoms. The van der Waals surface area contributed by atoms with E-state index in [0.717, 1.165) is 17.5 Å². The normalized spacial score (nSPS) is 12.5. The molecule has 7 nitrogen and oxygen atoms in total. The second-order valence-electron chi connectivity index (χ2n) is 7.02. The summed E-state index contributed by atoms with van der Waals surface area (Å²) in [7, 11) is 0. The van der Waals surface area contributed by atoms with E-state index in [-0.39, 0.29) is 17.6 Å². The molecule has 144 valence electrons. The van der Waals surface area contributed by atoms with Gasteiger partial charge >= 0.3 is 0 Å². The lowest BCUT2D eigenvalue weighted by Gasteiger charge is -2.17. The second kappa shape index (κ2) is 8.47. The highest BCUT2D eigenvalue weighted by molar-refractivity contribution is 5.92. The number of hydrogen-bond donors (Lipinski definition) is 2. The first-order valence-corrected chi connectivity index (χ1v) is 9.10. The number of H-pyrrole nitrogens is 1. The maximum absolute atomic E-state index is 12.4. The number of para-hydroxylation sites is 2. The van der Waals surface area contributed by atoms with Gasteiger partial charge in [-0.1, -0.05) is 38.1 Å². The van der Waals surface area contributed by atoms with E-state index in [4.69, 9.17) is 0 Å². The van der Waals surface area contributed by atoms with Crippen LogP contribution in [-0.4, -0.2) is 20.8 Å². The Kier molecular flexibility index (Phi) is 5.84. The Hall–Kier alpha value is -3.48. The Balaban J connectivity index is 1.76. The van der Waals surface area contributed by atoms with Crippen LogP contribution in [0.3, 0.4) is 0 Å². The molecule has 3 aromatic rings. The van der Waals surface area contributed by atoms with E-state index in [1.807, 2.05) is 24.3 Å². The molecule has 0 aliphatic rings. The van der Waals surface area contributed by atoms with Crippen molar-refractivity contribution in [3.8, 4) is 0 Å². The van der Waals surface area contributed by atoms with Crippen molar-refractivity contribution in [2.24, 2.45) is 5.92 Å². The number of hydrogen-bond acceptors (Lipinski definition) is 4. The van der Waals surface area contributed by atoms with Crippen LogP contribution in [0.1, 0.15) is 37.7 Å². The van der Waals surface area contributed by atoms with Crippen molar-refractivity contribution >= 4 is 28.7 Å². The van der Waals surface area contributed by atoms with Crippen LogP contribution in [0, 0.1) is 16.0 Å². The van der Waals surface area contributed by atoms with E-state index in [2.05, 4.69) is 29.1 Å². The minimum absolute atomic E-state index is 0.0116. The number of rotatable bonds is 7. The Morgan fingerprint density at radius 2 is 2.04 bits per heavy atom. The summed E-state index contributed by atoms with van der Waals surface area (Å²) in [4.78, 5) is 30.7. The third-order valence-corrected chi connectivity index (χ3v) is 4.27. The van der Waals surface area contributed by atoms with Gasteiger partial charge in [0.2, 0.25) is 5.91 Å². The van der Waals surface area contributed by atoms with Gasteiger partial charge in [-0.3, -0.25) is 14.9 Å². The average molecular weight is 378 g/mol. The molecule has 2 N–H and O–H groups in total. The number of nitro groups is 1. The van der Waals surface area contributed by atoms with Gasteiger partial charge < -0.3 is 10.3 Å². The number of aromatic amines is 1. The quantitative estimate of drug-likeness (QED) is 0.362. The third-order valence-electron chi connectivity index (χ3n) is 4.27. The maximum atomic E-state index is 12.4. The average Bonchev–Trinajstić information content (AvgIpc) is 3.10. The molecule has 0 fully saturated rings. The molecule has 0 aliphatic carbocycles. The number of aromatic nitrogens is 2. The molecule has 1 atom stereocenters. The van der Waals surface area contributed by atoms with Crippen LogP contribution in [-0.2, 0) is 4.79 Å². The third kappa shape index (κ3) is 4.82. The van der Waals surface area contributed by atoms with Gasteiger partial charge in [0.15, 0.2) is 0 Å². The summed E-state index contributed by atoms with van der Waals surface area (Å²) >= 11 is 0. The predicted octanol–water partition coefficient (Wildman–Crippen LogP) is 4.39. The SMILES string of the molecule is CC(C)C[C@@H](NC(=O)/C=C/c1cccc([N+](=O)[O-])c1)c1nc2ccccc2[nH]1. The summed E-state index contributed by atoms with van der Waals surface area (Å²) in [5.74, 6) is 0.795. The molecule has 7 heteroatoms. The first kappa shape index (κ1) is 19.3. The van der Waals surface area contributed by atoms with Crippen molar-refractivity contribution < 1.29 is 9.72 Å². The molecule has 0 saturated carbocycles. The molecule has 2 aromatic carbocycles. The largest absolute Gasteiger partial charge is 0.343 e. The molecular weight excluding hydrogens is 356 g/mol. The summed E-state index contributed by atoms with van der Waals surface area (Å²) in [5, 5.41) is 13.8. The fourth-order valence-electron chi connectivity index (χ4n) is 2.98. The van der Waals surface area contributed by atoms with Gasteiger partial charge in [-0.05, 0) is 36.1 Å². The molecule has 0 saturated heterocycles. The van der Waals surface area contributed by atoms with Gasteiger partial charge in [-0.15, -0.1) is 0 Å². The van der Waals surface area contributed by atoms with E-state index >= 15 is 0 Å². The van der Waals surface area contributed by atoms with Gasteiger partial charge in [0.1, 0.15) is 5.82 Å². The molecule has 1 heterocycles. The zero-order valence-corrected chi connectivity index (χ0v) is 15.8. The van der Waals surface area contributed by atoms with Gasteiger partial charge in [0.05, 0.1) is 22.0 Å².